The van der Waals surface area contributed by atoms with E-state index < -0.39 is 16.5 Å². The summed E-state index contributed by atoms with van der Waals surface area (Å²) in [5.74, 6) is 1.83. The molecule has 3 aliphatic carbocycles. The largest absolute Gasteiger partial charge is 0.453 e. The molecule has 0 fully saturated rings. The number of hydrogen-bond acceptors (Lipinski definition) is 6. The molecule has 0 amide bonds. The molecule has 2 heterocycles. The first kappa shape index (κ1) is 35.2. The first-order chi connectivity index (χ1) is 27.0. The summed E-state index contributed by atoms with van der Waals surface area (Å²) in [5, 5.41) is 4.14. The van der Waals surface area contributed by atoms with Crippen molar-refractivity contribution in [3.63, 3.8) is 0 Å². The monoisotopic (exact) mass is 778 g/mol. The van der Waals surface area contributed by atoms with Gasteiger partial charge in [0.2, 0.25) is 0 Å². The number of aryl methyl sites for hydroxylation is 8. The van der Waals surface area contributed by atoms with Crippen LogP contribution < -0.4 is 9.05 Å². The van der Waals surface area contributed by atoms with Gasteiger partial charge in [-0.25, -0.2) is 0 Å². The molecule has 2 bridgehead atoms. The van der Waals surface area contributed by atoms with Crippen molar-refractivity contribution in [2.45, 2.75) is 80.1 Å². The molecule has 6 aromatic carbocycles. The summed E-state index contributed by atoms with van der Waals surface area (Å²) in [7, 11) is -3.69. The van der Waals surface area contributed by atoms with Crippen LogP contribution in [0.2, 0.25) is 0 Å². The summed E-state index contributed by atoms with van der Waals surface area (Å²) < 4.78 is 40.9. The molecule has 0 atom stereocenters. The van der Waals surface area contributed by atoms with Crippen LogP contribution in [0.5, 0.6) is 11.5 Å². The number of hydrogen-bond donors (Lipinski definition) is 0. The molecule has 0 radical (unpaired) electrons. The molecule has 56 heavy (non-hydrogen) atoms. The van der Waals surface area contributed by atoms with Crippen LogP contribution in [-0.2, 0) is 0 Å². The highest BCUT2D eigenvalue weighted by Crippen LogP contribution is 2.59. The average molecular weight is 779 g/mol. The SMILES string of the molecule is Cc1cc(C)c2op(Oc3cccc4c3C3CCC4c4cccc(Op5oc6c(C)cc(C)cc6c6cc(C)cc(C)c6o5)c43)oc3c(C)cc(C)cc3c2c1. The van der Waals surface area contributed by atoms with Gasteiger partial charge >= 0.3 is 16.5 Å². The van der Waals surface area contributed by atoms with Crippen LogP contribution in [0.1, 0.15) is 91.4 Å². The van der Waals surface area contributed by atoms with E-state index in [-0.39, 0.29) is 11.8 Å². The summed E-state index contributed by atoms with van der Waals surface area (Å²) in [6, 6.07) is 30.3. The Morgan fingerprint density at radius 3 is 1.09 bits per heavy atom. The Morgan fingerprint density at radius 1 is 0.429 bits per heavy atom. The molecule has 6 nitrogen and oxygen atoms in total. The third-order valence-corrected chi connectivity index (χ3v) is 13.7. The van der Waals surface area contributed by atoms with Crippen molar-refractivity contribution in [3.05, 3.63) is 152 Å². The number of benzene rings is 6. The zero-order chi connectivity index (χ0) is 38.6. The van der Waals surface area contributed by atoms with Gasteiger partial charge in [-0.15, -0.1) is 0 Å². The molecule has 0 saturated carbocycles. The average Bonchev–Trinajstić information content (AvgIpc) is 3.41. The Kier molecular flexibility index (Phi) is 8.26. The van der Waals surface area contributed by atoms with E-state index >= 15 is 0 Å². The molecule has 8 heteroatoms. The molecule has 2 aromatic heterocycles. The highest BCUT2D eigenvalue weighted by Gasteiger charge is 2.41. The smallest absolute Gasteiger partial charge is 0.390 e. The van der Waals surface area contributed by atoms with Crippen molar-refractivity contribution in [1.29, 1.82) is 0 Å². The lowest BCUT2D eigenvalue weighted by Crippen LogP contribution is -2.25. The maximum Gasteiger partial charge on any atom is 0.453 e. The second kappa shape index (κ2) is 13.2. The van der Waals surface area contributed by atoms with Crippen LogP contribution in [0.15, 0.2) is 102 Å². The molecule has 0 N–H and O–H groups in total. The zero-order valence-corrected chi connectivity index (χ0v) is 34.8. The molecule has 0 saturated heterocycles. The van der Waals surface area contributed by atoms with E-state index in [2.05, 4.69) is 140 Å². The molecule has 282 valence electrons. The van der Waals surface area contributed by atoms with Gasteiger partial charge in [0.25, 0.3) is 0 Å². The minimum Gasteiger partial charge on any atom is -0.390 e. The van der Waals surface area contributed by atoms with Crippen molar-refractivity contribution in [1.82, 2.24) is 0 Å². The van der Waals surface area contributed by atoms with E-state index in [9.17, 15) is 0 Å². The van der Waals surface area contributed by atoms with Crippen LogP contribution in [-0.4, -0.2) is 0 Å². The molecule has 0 spiro atoms. The summed E-state index contributed by atoms with van der Waals surface area (Å²) in [4.78, 5) is 0. The van der Waals surface area contributed by atoms with Gasteiger partial charge in [0.15, 0.2) is 0 Å². The van der Waals surface area contributed by atoms with Crippen LogP contribution in [0.25, 0.3) is 43.9 Å². The lowest BCUT2D eigenvalue weighted by atomic mass is 9.63. The van der Waals surface area contributed by atoms with E-state index in [4.69, 9.17) is 25.8 Å². The standard InChI is InChI=1S/C48H44O6P2/c1-25-17-29(5)45-37(21-25)38-22-26(2)18-30(6)46(38)52-55(51-45)49-41-13-9-11-34-33-15-16-36(43(34)41)44-35(33)12-10-14-42(44)50-56-53-47-31(7)19-27(3)23-39(47)40-24-28(4)20-32(8)48(40)54-56/h9-14,17-24,33,36H,15-16H2,1-8H3. The summed E-state index contributed by atoms with van der Waals surface area (Å²) in [6.07, 6.45) is 2.02. The van der Waals surface area contributed by atoms with Crippen molar-refractivity contribution in [2.24, 2.45) is 0 Å². The van der Waals surface area contributed by atoms with E-state index in [1.807, 2.05) is 0 Å². The van der Waals surface area contributed by atoms with Gasteiger partial charge in [-0.2, -0.15) is 0 Å². The summed E-state index contributed by atoms with van der Waals surface area (Å²) in [5.41, 5.74) is 17.1. The van der Waals surface area contributed by atoms with Gasteiger partial charge in [-0.05, 0) is 160 Å². The lowest BCUT2D eigenvalue weighted by Gasteiger charge is -2.41. The first-order valence-electron chi connectivity index (χ1n) is 19.4. The van der Waals surface area contributed by atoms with Crippen LogP contribution in [0, 0.1) is 55.4 Å². The quantitative estimate of drug-likeness (QED) is 0.177. The fourth-order valence-corrected chi connectivity index (χ4v) is 12.0. The Hall–Kier alpha value is -5.28. The minimum absolute atomic E-state index is 0.0445. The van der Waals surface area contributed by atoms with Crippen molar-refractivity contribution in [3.8, 4) is 11.5 Å². The van der Waals surface area contributed by atoms with Crippen LogP contribution >= 0.6 is 16.5 Å². The predicted molar refractivity (Wildman–Crippen MR) is 228 cm³/mol. The molecule has 11 rings (SSSR count). The summed E-state index contributed by atoms with van der Waals surface area (Å²) in [6.45, 7) is 16.9. The van der Waals surface area contributed by atoms with Crippen LogP contribution in [0.3, 0.4) is 0 Å². The predicted octanol–water partition coefficient (Wildman–Crippen LogP) is 15.4. The minimum atomic E-state index is -1.84. The second-order valence-electron chi connectivity index (χ2n) is 16.0. The maximum absolute atomic E-state index is 6.95. The van der Waals surface area contributed by atoms with E-state index in [1.165, 1.54) is 44.5 Å². The molecule has 0 unspecified atom stereocenters. The maximum atomic E-state index is 6.95. The molecule has 8 aromatic rings. The van der Waals surface area contributed by atoms with Crippen molar-refractivity contribution >= 4 is 60.4 Å². The third kappa shape index (κ3) is 5.68. The fourth-order valence-electron chi connectivity index (χ4n) is 9.55. The van der Waals surface area contributed by atoms with E-state index in [0.717, 1.165) is 90.5 Å². The van der Waals surface area contributed by atoms with Gasteiger partial charge in [0.05, 0.1) is 0 Å². The number of rotatable bonds is 4. The Labute approximate surface area is 328 Å². The molecular formula is C48H44O6P2. The second-order valence-corrected chi connectivity index (χ2v) is 18.0. The molecule has 3 aliphatic rings. The van der Waals surface area contributed by atoms with Gasteiger partial charge in [0, 0.05) is 44.5 Å². The van der Waals surface area contributed by atoms with Gasteiger partial charge < -0.3 is 25.8 Å². The lowest BCUT2D eigenvalue weighted by molar-refractivity contribution is 0.452. The third-order valence-electron chi connectivity index (χ3n) is 11.7. The highest BCUT2D eigenvalue weighted by molar-refractivity contribution is 7.32. The first-order valence-corrected chi connectivity index (χ1v) is 21.6. The normalized spacial score (nSPS) is 15.7. The van der Waals surface area contributed by atoms with Gasteiger partial charge in [-0.1, -0.05) is 48.5 Å². The molecule has 0 aliphatic heterocycles. The number of fused-ring (bicyclic) bond motifs is 7. The van der Waals surface area contributed by atoms with Crippen LogP contribution in [0.4, 0.5) is 0 Å². The van der Waals surface area contributed by atoms with Gasteiger partial charge in [0.1, 0.15) is 33.8 Å². The zero-order valence-electron chi connectivity index (χ0n) is 33.0. The van der Waals surface area contributed by atoms with Gasteiger partial charge in [-0.3, -0.25) is 0 Å². The van der Waals surface area contributed by atoms with E-state index in [1.54, 1.807) is 0 Å². The van der Waals surface area contributed by atoms with Crippen molar-refractivity contribution in [2.75, 3.05) is 0 Å². The van der Waals surface area contributed by atoms with Crippen molar-refractivity contribution < 1.29 is 25.8 Å². The molecular weight excluding hydrogens is 734 g/mol. The fraction of sp³-hybridized carbons (Fsp3) is 0.250. The Bertz CT molecular complexity index is 2700. The summed E-state index contributed by atoms with van der Waals surface area (Å²) >= 11 is 0. The van der Waals surface area contributed by atoms with E-state index in [0.29, 0.717) is 0 Å². The Morgan fingerprint density at radius 2 is 0.750 bits per heavy atom. The Balaban J connectivity index is 1.12. The topological polar surface area (TPSA) is 71.0 Å². The highest BCUT2D eigenvalue weighted by atomic mass is 31.1.